The molecule has 3 aliphatic rings. The number of urea groups is 1. The van der Waals surface area contributed by atoms with Gasteiger partial charge < -0.3 is 5.32 Å². The number of carbonyl (C=O) groups excluding carboxylic acids is 2. The van der Waals surface area contributed by atoms with E-state index in [0.29, 0.717) is 17.4 Å². The molecule has 4 rings (SSSR count). The van der Waals surface area contributed by atoms with Gasteiger partial charge in [-0.1, -0.05) is 28.7 Å². The third-order valence-electron chi connectivity index (χ3n) is 5.18. The Hall–Kier alpha value is -2.45. The zero-order chi connectivity index (χ0) is 19.1. The molecule has 0 radical (unpaired) electrons. The van der Waals surface area contributed by atoms with E-state index in [9.17, 15) is 9.59 Å². The highest BCUT2D eigenvalue weighted by Gasteiger charge is 2.55. The predicted molar refractivity (Wildman–Crippen MR) is 102 cm³/mol. The third kappa shape index (κ3) is 3.08. The Morgan fingerprint density at radius 1 is 1.15 bits per heavy atom. The van der Waals surface area contributed by atoms with Crippen LogP contribution in [0, 0.1) is 0 Å². The average molecular weight is 390 g/mol. The van der Waals surface area contributed by atoms with E-state index in [4.69, 9.17) is 16.6 Å². The van der Waals surface area contributed by atoms with Gasteiger partial charge in [-0.25, -0.2) is 9.69 Å². The van der Waals surface area contributed by atoms with Crippen molar-refractivity contribution in [2.24, 2.45) is 4.99 Å². The first-order valence-electron chi connectivity index (χ1n) is 8.95. The number of rotatable bonds is 2. The molecule has 1 aromatic carbocycles. The number of amides is 3. The molecule has 1 unspecified atom stereocenters. The fraction of sp³-hybridized carbons (Fsp3) is 0.444. The summed E-state index contributed by atoms with van der Waals surface area (Å²) in [6.07, 6.45) is 0. The van der Waals surface area contributed by atoms with Crippen molar-refractivity contribution in [2.75, 3.05) is 40.3 Å². The van der Waals surface area contributed by atoms with Crippen molar-refractivity contribution in [3.8, 4) is 0 Å². The molecule has 0 spiro atoms. The molecule has 2 fully saturated rings. The summed E-state index contributed by atoms with van der Waals surface area (Å²) in [6.45, 7) is 3.83. The number of nitrogens with zero attached hydrogens (tertiary/aromatic N) is 5. The molecule has 0 aromatic heterocycles. The van der Waals surface area contributed by atoms with Crippen LogP contribution >= 0.6 is 11.6 Å². The van der Waals surface area contributed by atoms with Crippen molar-refractivity contribution in [2.45, 2.75) is 12.6 Å². The van der Waals surface area contributed by atoms with Gasteiger partial charge in [-0.3, -0.25) is 19.2 Å². The van der Waals surface area contributed by atoms with E-state index in [-0.39, 0.29) is 11.9 Å². The Bertz CT molecular complexity index is 842. The fourth-order valence-corrected chi connectivity index (χ4v) is 3.78. The minimum atomic E-state index is -0.599. The Morgan fingerprint density at radius 2 is 1.81 bits per heavy atom. The number of likely N-dealkylation sites (N-methyl/N-ethyl adjacent to an activating group) is 2. The summed E-state index contributed by atoms with van der Waals surface area (Å²) < 4.78 is 2.17. The van der Waals surface area contributed by atoms with Gasteiger partial charge in [-0.2, -0.15) is 0 Å². The van der Waals surface area contributed by atoms with Gasteiger partial charge >= 0.3 is 12.0 Å². The van der Waals surface area contributed by atoms with E-state index in [1.807, 2.05) is 29.2 Å². The van der Waals surface area contributed by atoms with Crippen LogP contribution in [0.2, 0.25) is 5.02 Å². The van der Waals surface area contributed by atoms with E-state index in [1.54, 1.807) is 7.05 Å². The van der Waals surface area contributed by atoms with Crippen LogP contribution in [0.5, 0.6) is 0 Å². The van der Waals surface area contributed by atoms with Gasteiger partial charge in [-0.05, 0) is 17.7 Å². The van der Waals surface area contributed by atoms with Crippen molar-refractivity contribution >= 4 is 35.3 Å². The largest absolute Gasteiger partial charge is 0.392 e. The number of hydrogen-bond acceptors (Lipinski definition) is 3. The maximum Gasteiger partial charge on any atom is 0.392 e. The molecule has 3 amide bonds. The van der Waals surface area contributed by atoms with E-state index in [2.05, 4.69) is 9.89 Å². The van der Waals surface area contributed by atoms with Crippen LogP contribution in [0.15, 0.2) is 29.3 Å². The molecule has 1 N–H and O–H groups in total. The SMILES string of the molecule is CN1C(=O)C2C(=NC(=[N+]3CCNCC3)N2Cc2ccc(Cl)cc2)N(C)C1=O. The van der Waals surface area contributed by atoms with Crippen molar-refractivity contribution < 1.29 is 14.2 Å². The van der Waals surface area contributed by atoms with Crippen LogP contribution in [-0.2, 0) is 11.3 Å². The highest BCUT2D eigenvalue weighted by molar-refractivity contribution is 6.30. The maximum atomic E-state index is 12.9. The zero-order valence-corrected chi connectivity index (χ0v) is 16.1. The molecule has 3 heterocycles. The third-order valence-corrected chi connectivity index (χ3v) is 5.43. The number of benzene rings is 1. The second kappa shape index (κ2) is 6.94. The van der Waals surface area contributed by atoms with E-state index < -0.39 is 6.04 Å². The molecule has 8 nitrogen and oxygen atoms in total. The first-order valence-corrected chi connectivity index (χ1v) is 9.32. The van der Waals surface area contributed by atoms with E-state index in [0.717, 1.165) is 37.7 Å². The second-order valence-corrected chi connectivity index (χ2v) is 7.34. The lowest BCUT2D eigenvalue weighted by Gasteiger charge is -2.33. The standard InChI is InChI=1S/C18H22ClN6O2/c1-22-15-14(16(26)23(2)18(22)27)25(11-12-3-5-13(19)6-4-12)17(21-15)24-9-7-20-8-10-24/h3-6,14,20H,7-11H2,1-2H3/q+1. The van der Waals surface area contributed by atoms with Crippen LogP contribution in [0.3, 0.4) is 0 Å². The maximum absolute atomic E-state index is 12.9. The minimum absolute atomic E-state index is 0.254. The van der Waals surface area contributed by atoms with Gasteiger partial charge in [0.15, 0.2) is 0 Å². The molecule has 27 heavy (non-hydrogen) atoms. The number of imide groups is 1. The monoisotopic (exact) mass is 389 g/mol. The van der Waals surface area contributed by atoms with Crippen LogP contribution in [0.25, 0.3) is 0 Å². The summed E-state index contributed by atoms with van der Waals surface area (Å²) in [7, 11) is 3.18. The first-order chi connectivity index (χ1) is 13.0. The van der Waals surface area contributed by atoms with Crippen molar-refractivity contribution in [1.29, 1.82) is 0 Å². The smallest absolute Gasteiger partial charge is 0.310 e. The predicted octanol–water partition coefficient (Wildman–Crippen LogP) is 0.418. The average Bonchev–Trinajstić information content (AvgIpc) is 3.06. The number of guanidine groups is 1. The molecule has 1 aromatic rings. The van der Waals surface area contributed by atoms with Gasteiger partial charge in [0.25, 0.3) is 5.91 Å². The molecule has 3 aliphatic heterocycles. The van der Waals surface area contributed by atoms with Crippen molar-refractivity contribution in [3.05, 3.63) is 34.9 Å². The lowest BCUT2D eigenvalue weighted by atomic mass is 10.1. The molecule has 9 heteroatoms. The zero-order valence-electron chi connectivity index (χ0n) is 15.4. The van der Waals surface area contributed by atoms with Gasteiger partial charge in [0, 0.05) is 32.2 Å². The van der Waals surface area contributed by atoms with E-state index in [1.165, 1.54) is 16.8 Å². The van der Waals surface area contributed by atoms with Gasteiger partial charge in [-0.15, -0.1) is 0 Å². The lowest BCUT2D eigenvalue weighted by molar-refractivity contribution is -0.537. The van der Waals surface area contributed by atoms with Gasteiger partial charge in [0.2, 0.25) is 11.9 Å². The summed E-state index contributed by atoms with van der Waals surface area (Å²) in [5.41, 5.74) is 1.03. The van der Waals surface area contributed by atoms with Crippen molar-refractivity contribution in [1.82, 2.24) is 20.0 Å². The molecule has 142 valence electrons. The number of aliphatic imine (C=N–C) groups is 1. The fourth-order valence-electron chi connectivity index (χ4n) is 3.65. The topological polar surface area (TPSA) is 71.3 Å². The Kier molecular flexibility index (Phi) is 4.61. The number of nitrogens with one attached hydrogen (secondary N) is 1. The quantitative estimate of drug-likeness (QED) is 0.744. The first kappa shape index (κ1) is 17.9. The number of hydrogen-bond donors (Lipinski definition) is 1. The molecular weight excluding hydrogens is 368 g/mol. The van der Waals surface area contributed by atoms with Gasteiger partial charge in [0.1, 0.15) is 0 Å². The number of amidine groups is 1. The molecule has 2 saturated heterocycles. The highest BCUT2D eigenvalue weighted by Crippen LogP contribution is 2.25. The second-order valence-electron chi connectivity index (χ2n) is 6.90. The summed E-state index contributed by atoms with van der Waals surface area (Å²) in [4.78, 5) is 34.6. The lowest BCUT2D eigenvalue weighted by Crippen LogP contribution is -2.62. The van der Waals surface area contributed by atoms with E-state index >= 15 is 0 Å². The Labute approximate surface area is 162 Å². The highest BCUT2D eigenvalue weighted by atomic mass is 35.5. The molecular formula is C18H22ClN6O2+. The number of halogens is 1. The van der Waals surface area contributed by atoms with Crippen molar-refractivity contribution in [3.63, 3.8) is 0 Å². The summed E-state index contributed by atoms with van der Waals surface area (Å²) in [6, 6.07) is 6.61. The van der Waals surface area contributed by atoms with Crippen LogP contribution in [0.4, 0.5) is 4.79 Å². The Morgan fingerprint density at radius 3 is 2.48 bits per heavy atom. The number of fused-ring (bicyclic) bond motifs is 1. The number of piperazine rings is 1. The molecule has 0 aliphatic carbocycles. The van der Waals surface area contributed by atoms with Crippen LogP contribution < -0.4 is 5.32 Å². The van der Waals surface area contributed by atoms with Gasteiger partial charge in [0.05, 0.1) is 19.6 Å². The summed E-state index contributed by atoms with van der Waals surface area (Å²) >= 11 is 6.01. The van der Waals surface area contributed by atoms with Crippen LogP contribution in [-0.4, -0.2) is 89.3 Å². The molecule has 0 saturated carbocycles. The summed E-state index contributed by atoms with van der Waals surface area (Å²) in [5, 5.41) is 4.00. The molecule has 1 atom stereocenters. The molecule has 0 bridgehead atoms. The normalized spacial score (nSPS) is 23.1. The Balaban J connectivity index is 1.76. The number of carbonyl (C=O) groups is 2. The minimum Gasteiger partial charge on any atom is -0.310 e. The van der Waals surface area contributed by atoms with Crippen LogP contribution in [0.1, 0.15) is 5.56 Å². The summed E-state index contributed by atoms with van der Waals surface area (Å²) in [5.74, 6) is 0.983.